The lowest BCUT2D eigenvalue weighted by molar-refractivity contribution is 0.100. The third kappa shape index (κ3) is 1.36. The molecule has 0 saturated carbocycles. The lowest BCUT2D eigenvalue weighted by Gasteiger charge is -1.97. The summed E-state index contributed by atoms with van der Waals surface area (Å²) in [7, 11) is 0. The Hall–Kier alpha value is -1.90. The first kappa shape index (κ1) is 7.73. The number of rotatable bonds is 1. The number of nitrogens with zero attached hydrogens (tertiary/aromatic N) is 1. The van der Waals surface area contributed by atoms with Crippen molar-refractivity contribution in [3.05, 3.63) is 42.1 Å². The molecule has 2 rings (SSSR count). The lowest BCUT2D eigenvalue weighted by atomic mass is 10.1. The lowest BCUT2D eigenvalue weighted by Crippen LogP contribution is -2.10. The summed E-state index contributed by atoms with van der Waals surface area (Å²) in [6.45, 7) is 0. The van der Waals surface area contributed by atoms with Gasteiger partial charge in [0.25, 0.3) is 0 Å². The fourth-order valence-electron chi connectivity index (χ4n) is 1.17. The van der Waals surface area contributed by atoms with Crippen molar-refractivity contribution >= 4 is 16.8 Å². The van der Waals surface area contributed by atoms with Crippen molar-refractivity contribution in [2.45, 2.75) is 0 Å². The molecule has 63 valence electrons. The molecule has 0 aliphatic rings. The van der Waals surface area contributed by atoms with Crippen LogP contribution in [0.3, 0.4) is 0 Å². The minimum absolute atomic E-state index is 0.425. The van der Waals surface area contributed by atoms with Crippen LogP contribution in [0.1, 0.15) is 10.4 Å². The Labute approximate surface area is 75.2 Å². The van der Waals surface area contributed by atoms with Crippen molar-refractivity contribution in [1.82, 2.24) is 4.98 Å². The van der Waals surface area contributed by atoms with E-state index in [2.05, 4.69) is 11.1 Å². The maximum atomic E-state index is 10.8. The highest BCUT2D eigenvalue weighted by Gasteiger charge is 2.00. The Balaban J connectivity index is 2.69. The van der Waals surface area contributed by atoms with Crippen LogP contribution in [0.15, 0.2) is 30.5 Å². The van der Waals surface area contributed by atoms with Gasteiger partial charge in [-0.3, -0.25) is 9.78 Å². The van der Waals surface area contributed by atoms with Gasteiger partial charge in [-0.25, -0.2) is 0 Å². The smallest absolute Gasteiger partial charge is 0.248 e. The van der Waals surface area contributed by atoms with Crippen LogP contribution in [-0.2, 0) is 0 Å². The van der Waals surface area contributed by atoms with Crippen molar-refractivity contribution in [2.24, 2.45) is 5.73 Å². The molecule has 1 amide bonds. The molecule has 0 atom stereocenters. The van der Waals surface area contributed by atoms with Gasteiger partial charge in [-0.05, 0) is 24.3 Å². The maximum absolute atomic E-state index is 10.8. The standard InChI is InChI=1S/C10H7N2O/c11-10(13)8-3-4-9-7(6-8)2-1-5-12-9/h2-6H,(H2,11,13). The van der Waals surface area contributed by atoms with E-state index in [0.29, 0.717) is 5.56 Å². The van der Waals surface area contributed by atoms with Crippen molar-refractivity contribution in [3.8, 4) is 0 Å². The number of aromatic nitrogens is 1. The highest BCUT2D eigenvalue weighted by atomic mass is 16.1. The molecule has 0 aliphatic heterocycles. The molecule has 3 heteroatoms. The summed E-state index contributed by atoms with van der Waals surface area (Å²) < 4.78 is 0. The zero-order chi connectivity index (χ0) is 9.26. The normalized spacial score (nSPS) is 10.2. The molecule has 2 N–H and O–H groups in total. The van der Waals surface area contributed by atoms with E-state index in [1.807, 2.05) is 0 Å². The van der Waals surface area contributed by atoms with Crippen LogP contribution < -0.4 is 5.73 Å². The Bertz CT molecular complexity index is 465. The molecule has 13 heavy (non-hydrogen) atoms. The molecule has 0 spiro atoms. The molecule has 3 nitrogen and oxygen atoms in total. The number of carbonyl (C=O) groups is 1. The third-order valence-corrected chi connectivity index (χ3v) is 1.83. The quantitative estimate of drug-likeness (QED) is 0.699. The summed E-state index contributed by atoms with van der Waals surface area (Å²) in [4.78, 5) is 14.9. The first-order valence-corrected chi connectivity index (χ1v) is 3.83. The molecule has 0 fully saturated rings. The largest absolute Gasteiger partial charge is 0.366 e. The van der Waals surface area contributed by atoms with Gasteiger partial charge < -0.3 is 5.73 Å². The van der Waals surface area contributed by atoms with E-state index in [0.717, 1.165) is 10.9 Å². The molecular weight excluding hydrogens is 164 g/mol. The van der Waals surface area contributed by atoms with Crippen LogP contribution in [0, 0.1) is 6.07 Å². The van der Waals surface area contributed by atoms with Gasteiger partial charge in [0.15, 0.2) is 0 Å². The van der Waals surface area contributed by atoms with Gasteiger partial charge in [-0.15, -0.1) is 0 Å². The van der Waals surface area contributed by atoms with Crippen LogP contribution in [0.4, 0.5) is 0 Å². The number of hydrogen-bond donors (Lipinski definition) is 1. The summed E-state index contributed by atoms with van der Waals surface area (Å²) in [5, 5.41) is 0.874. The van der Waals surface area contributed by atoms with E-state index < -0.39 is 5.91 Å². The molecule has 1 aromatic carbocycles. The second-order valence-corrected chi connectivity index (χ2v) is 2.71. The van der Waals surface area contributed by atoms with Crippen LogP contribution in [0.25, 0.3) is 10.9 Å². The predicted octanol–water partition coefficient (Wildman–Crippen LogP) is 1.13. The van der Waals surface area contributed by atoms with Crippen molar-refractivity contribution in [2.75, 3.05) is 0 Å². The number of benzene rings is 1. The monoisotopic (exact) mass is 171 g/mol. The van der Waals surface area contributed by atoms with E-state index in [1.165, 1.54) is 0 Å². The number of fused-ring (bicyclic) bond motifs is 1. The molecular formula is C10H7N2O. The number of nitrogens with two attached hydrogens (primary N) is 1. The molecule has 0 bridgehead atoms. The molecule has 1 aromatic heterocycles. The van der Waals surface area contributed by atoms with Gasteiger partial charge in [-0.2, -0.15) is 0 Å². The van der Waals surface area contributed by atoms with Gasteiger partial charge >= 0.3 is 0 Å². The molecule has 0 saturated heterocycles. The van der Waals surface area contributed by atoms with E-state index >= 15 is 0 Å². The van der Waals surface area contributed by atoms with Gasteiger partial charge in [0.1, 0.15) is 0 Å². The number of amides is 1. The predicted molar refractivity (Wildman–Crippen MR) is 49.1 cm³/mol. The number of carbonyl (C=O) groups excluding carboxylic acids is 1. The fraction of sp³-hybridized carbons (Fsp3) is 0. The highest BCUT2D eigenvalue weighted by molar-refractivity contribution is 5.96. The molecule has 1 heterocycles. The second kappa shape index (κ2) is 2.86. The average Bonchev–Trinajstić information content (AvgIpc) is 2.17. The number of pyridine rings is 1. The van der Waals surface area contributed by atoms with Crippen molar-refractivity contribution in [1.29, 1.82) is 0 Å². The summed E-state index contributed by atoms with van der Waals surface area (Å²) in [5.41, 5.74) is 6.47. The Morgan fingerprint density at radius 3 is 3.08 bits per heavy atom. The molecule has 0 aliphatic carbocycles. The zero-order valence-corrected chi connectivity index (χ0v) is 6.82. The van der Waals surface area contributed by atoms with E-state index in [-0.39, 0.29) is 0 Å². The molecule has 2 aromatic rings. The first-order chi connectivity index (χ1) is 6.27. The molecule has 1 radical (unpaired) electrons. The number of hydrogen-bond acceptors (Lipinski definition) is 2. The minimum atomic E-state index is -0.425. The van der Waals surface area contributed by atoms with Crippen LogP contribution >= 0.6 is 0 Å². The SMILES string of the molecule is NC(=O)c1ccc2nc[c]cc2c1. The van der Waals surface area contributed by atoms with E-state index in [4.69, 9.17) is 5.73 Å². The van der Waals surface area contributed by atoms with Crippen molar-refractivity contribution < 1.29 is 4.79 Å². The van der Waals surface area contributed by atoms with Gasteiger partial charge in [0, 0.05) is 23.2 Å². The summed E-state index contributed by atoms with van der Waals surface area (Å²) >= 11 is 0. The first-order valence-electron chi connectivity index (χ1n) is 3.83. The van der Waals surface area contributed by atoms with Gasteiger partial charge in [0.2, 0.25) is 5.91 Å². The topological polar surface area (TPSA) is 56.0 Å². The minimum Gasteiger partial charge on any atom is -0.366 e. The third-order valence-electron chi connectivity index (χ3n) is 1.83. The maximum Gasteiger partial charge on any atom is 0.248 e. The van der Waals surface area contributed by atoms with E-state index in [9.17, 15) is 4.79 Å². The van der Waals surface area contributed by atoms with Crippen LogP contribution in [-0.4, -0.2) is 10.9 Å². The summed E-state index contributed by atoms with van der Waals surface area (Å²) in [6.07, 6.45) is 1.59. The average molecular weight is 171 g/mol. The Morgan fingerprint density at radius 1 is 1.46 bits per heavy atom. The van der Waals surface area contributed by atoms with Crippen LogP contribution in [0.5, 0.6) is 0 Å². The summed E-state index contributed by atoms with van der Waals surface area (Å²) in [5.74, 6) is -0.425. The number of primary amides is 1. The zero-order valence-electron chi connectivity index (χ0n) is 6.82. The summed E-state index contributed by atoms with van der Waals surface area (Å²) in [6, 6.07) is 9.75. The van der Waals surface area contributed by atoms with Crippen molar-refractivity contribution in [3.63, 3.8) is 0 Å². The Morgan fingerprint density at radius 2 is 2.31 bits per heavy atom. The highest BCUT2D eigenvalue weighted by Crippen LogP contribution is 2.12. The van der Waals surface area contributed by atoms with E-state index in [1.54, 1.807) is 30.5 Å². The second-order valence-electron chi connectivity index (χ2n) is 2.71. The Kier molecular flexibility index (Phi) is 1.70. The fourth-order valence-corrected chi connectivity index (χ4v) is 1.17. The van der Waals surface area contributed by atoms with Crippen LogP contribution in [0.2, 0.25) is 0 Å². The van der Waals surface area contributed by atoms with Gasteiger partial charge in [-0.1, -0.05) is 0 Å². The van der Waals surface area contributed by atoms with Gasteiger partial charge in [0.05, 0.1) is 5.52 Å². The molecule has 0 unspecified atom stereocenters.